The largest absolute Gasteiger partial charge is 0.493 e. The van der Waals surface area contributed by atoms with E-state index in [0.717, 1.165) is 5.56 Å². The molecule has 0 fully saturated rings. The molecule has 0 saturated carbocycles. The molecule has 0 bridgehead atoms. The van der Waals surface area contributed by atoms with Gasteiger partial charge in [-0.3, -0.25) is 9.69 Å². The average Bonchev–Trinajstić information content (AvgIpc) is 3.08. The molecule has 1 atom stereocenters. The van der Waals surface area contributed by atoms with E-state index in [1.54, 1.807) is 18.1 Å². The van der Waals surface area contributed by atoms with Crippen molar-refractivity contribution in [2.24, 2.45) is 0 Å². The lowest BCUT2D eigenvalue weighted by molar-refractivity contribution is -0.118. The summed E-state index contributed by atoms with van der Waals surface area (Å²) in [6.07, 6.45) is -0.871. The Kier molecular flexibility index (Phi) is 8.25. The number of carbonyl (C=O) groups excluding carboxylic acids is 1. The van der Waals surface area contributed by atoms with Crippen LogP contribution in [0.1, 0.15) is 31.2 Å². The van der Waals surface area contributed by atoms with Crippen molar-refractivity contribution in [3.05, 3.63) is 81.3 Å². The molecule has 0 N–H and O–H groups in total. The number of para-hydroxylation sites is 1. The predicted octanol–water partition coefficient (Wildman–Crippen LogP) is 7.10. The number of hydrogen-bond donors (Lipinski definition) is 0. The van der Waals surface area contributed by atoms with E-state index in [1.807, 2.05) is 61.5 Å². The highest BCUT2D eigenvalue weighted by atomic mass is 79.9. The molecule has 1 aliphatic heterocycles. The maximum atomic E-state index is 13.1. The molecule has 0 unspecified atom stereocenters. The lowest BCUT2D eigenvalue weighted by atomic mass is 10.1. The van der Waals surface area contributed by atoms with Gasteiger partial charge in [-0.05, 0) is 52.7 Å². The molecule has 0 saturated heterocycles. The molecule has 8 nitrogen and oxygen atoms in total. The van der Waals surface area contributed by atoms with Crippen LogP contribution in [0.5, 0.6) is 17.4 Å². The lowest BCUT2D eigenvalue weighted by Crippen LogP contribution is -2.36. The predicted molar refractivity (Wildman–Crippen MR) is 155 cm³/mol. The summed E-state index contributed by atoms with van der Waals surface area (Å²) in [5, 5.41) is 9.93. The number of fused-ring (bicyclic) bond motifs is 3. The van der Waals surface area contributed by atoms with E-state index in [1.165, 1.54) is 18.7 Å². The van der Waals surface area contributed by atoms with Gasteiger partial charge in [0.15, 0.2) is 17.2 Å². The second-order valence-corrected chi connectivity index (χ2v) is 10.7. The normalized spacial score (nSPS) is 14.1. The molecule has 5 rings (SSSR count). The van der Waals surface area contributed by atoms with Gasteiger partial charge in [-0.1, -0.05) is 59.8 Å². The third-order valence-corrected chi connectivity index (χ3v) is 7.84. The maximum Gasteiger partial charge on any atom is 0.247 e. The lowest BCUT2D eigenvalue weighted by Gasteiger charge is -2.30. The highest BCUT2D eigenvalue weighted by Crippen LogP contribution is 2.46. The molecule has 4 aromatic rings. The van der Waals surface area contributed by atoms with Crippen LogP contribution in [0.4, 0.5) is 5.69 Å². The molecule has 2 heterocycles. The number of methoxy groups -OCH3 is 1. The minimum absolute atomic E-state index is 0.217. The first-order valence-electron chi connectivity index (χ1n) is 12.1. The van der Waals surface area contributed by atoms with E-state index in [-0.39, 0.29) is 11.8 Å². The fraction of sp³-hybridized carbons (Fsp3) is 0.214. The molecule has 39 heavy (non-hydrogen) atoms. The van der Waals surface area contributed by atoms with Gasteiger partial charge in [-0.2, -0.15) is 4.98 Å². The fourth-order valence-corrected chi connectivity index (χ4v) is 5.89. The van der Waals surface area contributed by atoms with E-state index in [0.29, 0.717) is 61.0 Å². The Bertz CT molecular complexity index is 1540. The summed E-state index contributed by atoms with van der Waals surface area (Å²) in [5.74, 6) is 1.67. The molecular weight excluding hydrogens is 604 g/mol. The molecule has 0 aliphatic carbocycles. The first-order chi connectivity index (χ1) is 18.9. The van der Waals surface area contributed by atoms with Crippen LogP contribution in [0.25, 0.3) is 11.3 Å². The SMILES string of the molecule is CCOc1c(Br)cc([C@H]2Oc3nc(SCc4ccccc4Cl)nnc3-c3ccccc3N2C(C)=O)cc1OC. The van der Waals surface area contributed by atoms with E-state index in [2.05, 4.69) is 26.1 Å². The summed E-state index contributed by atoms with van der Waals surface area (Å²) in [7, 11) is 1.56. The quantitative estimate of drug-likeness (QED) is 0.201. The van der Waals surface area contributed by atoms with Crippen LogP contribution in [0, 0.1) is 0 Å². The monoisotopic (exact) mass is 626 g/mol. The highest BCUT2D eigenvalue weighted by Gasteiger charge is 2.35. The maximum absolute atomic E-state index is 13.1. The number of hydrogen-bond acceptors (Lipinski definition) is 8. The summed E-state index contributed by atoms with van der Waals surface area (Å²) in [4.78, 5) is 19.4. The summed E-state index contributed by atoms with van der Waals surface area (Å²) in [6.45, 7) is 3.85. The zero-order valence-corrected chi connectivity index (χ0v) is 24.5. The average molecular weight is 628 g/mol. The Morgan fingerprint density at radius 1 is 1.15 bits per heavy atom. The van der Waals surface area contributed by atoms with Gasteiger partial charge in [0, 0.05) is 28.8 Å². The Hall–Kier alpha value is -3.34. The molecule has 200 valence electrons. The van der Waals surface area contributed by atoms with Crippen LogP contribution in [-0.2, 0) is 10.5 Å². The van der Waals surface area contributed by atoms with E-state index in [9.17, 15) is 4.79 Å². The van der Waals surface area contributed by atoms with E-state index < -0.39 is 6.23 Å². The van der Waals surface area contributed by atoms with Gasteiger partial charge in [-0.15, -0.1) is 10.2 Å². The minimum Gasteiger partial charge on any atom is -0.493 e. The number of ether oxygens (including phenoxy) is 3. The number of thioether (sulfide) groups is 1. The molecule has 3 aromatic carbocycles. The van der Waals surface area contributed by atoms with Crippen LogP contribution >= 0.6 is 39.3 Å². The zero-order valence-electron chi connectivity index (χ0n) is 21.4. The number of nitrogens with zero attached hydrogens (tertiary/aromatic N) is 4. The Labute approximate surface area is 243 Å². The first-order valence-corrected chi connectivity index (χ1v) is 14.2. The highest BCUT2D eigenvalue weighted by molar-refractivity contribution is 9.10. The van der Waals surface area contributed by atoms with Crippen LogP contribution < -0.4 is 19.1 Å². The van der Waals surface area contributed by atoms with Gasteiger partial charge >= 0.3 is 0 Å². The second kappa shape index (κ2) is 11.8. The summed E-state index contributed by atoms with van der Waals surface area (Å²) in [5.41, 5.74) is 3.37. The topological polar surface area (TPSA) is 86.7 Å². The summed E-state index contributed by atoms with van der Waals surface area (Å²) < 4.78 is 18.5. The Morgan fingerprint density at radius 3 is 2.67 bits per heavy atom. The third kappa shape index (κ3) is 5.54. The van der Waals surface area contributed by atoms with Crippen molar-refractivity contribution in [3.8, 4) is 28.6 Å². The number of halogens is 2. The molecular formula is C28H24BrClN4O4S. The molecule has 1 aromatic heterocycles. The summed E-state index contributed by atoms with van der Waals surface area (Å²) >= 11 is 11.3. The number of rotatable bonds is 7. The number of carbonyl (C=O) groups is 1. The summed E-state index contributed by atoms with van der Waals surface area (Å²) in [6, 6.07) is 18.7. The van der Waals surface area contributed by atoms with Crippen LogP contribution in [-0.4, -0.2) is 34.8 Å². The second-order valence-electron chi connectivity index (χ2n) is 8.47. The smallest absolute Gasteiger partial charge is 0.247 e. The van der Waals surface area contributed by atoms with Crippen LogP contribution in [0.15, 0.2) is 70.3 Å². The zero-order chi connectivity index (χ0) is 27.5. The Morgan fingerprint density at radius 2 is 1.92 bits per heavy atom. The Balaban J connectivity index is 1.61. The van der Waals surface area contributed by atoms with Crippen LogP contribution in [0.2, 0.25) is 5.02 Å². The van der Waals surface area contributed by atoms with Crippen molar-refractivity contribution in [1.82, 2.24) is 15.2 Å². The van der Waals surface area contributed by atoms with Crippen molar-refractivity contribution in [2.45, 2.75) is 31.0 Å². The minimum atomic E-state index is -0.871. The number of benzene rings is 3. The third-order valence-electron chi connectivity index (χ3n) is 5.99. The van der Waals surface area contributed by atoms with E-state index in [4.69, 9.17) is 30.8 Å². The molecule has 1 aliphatic rings. The van der Waals surface area contributed by atoms with Gasteiger partial charge in [0.2, 0.25) is 23.2 Å². The van der Waals surface area contributed by atoms with Crippen molar-refractivity contribution < 1.29 is 19.0 Å². The van der Waals surface area contributed by atoms with Crippen molar-refractivity contribution >= 4 is 50.9 Å². The van der Waals surface area contributed by atoms with Crippen molar-refractivity contribution in [3.63, 3.8) is 0 Å². The number of amides is 1. The van der Waals surface area contributed by atoms with E-state index >= 15 is 0 Å². The number of aromatic nitrogens is 3. The van der Waals surface area contributed by atoms with Gasteiger partial charge in [0.05, 0.1) is 23.9 Å². The molecule has 1 amide bonds. The molecule has 0 radical (unpaired) electrons. The van der Waals surface area contributed by atoms with Gasteiger partial charge in [-0.25, -0.2) is 0 Å². The number of anilines is 1. The van der Waals surface area contributed by atoms with Gasteiger partial charge in [0.1, 0.15) is 0 Å². The van der Waals surface area contributed by atoms with Crippen molar-refractivity contribution in [2.75, 3.05) is 18.6 Å². The first kappa shape index (κ1) is 27.2. The van der Waals surface area contributed by atoms with Gasteiger partial charge in [0.25, 0.3) is 0 Å². The molecule has 0 spiro atoms. The van der Waals surface area contributed by atoms with Gasteiger partial charge < -0.3 is 14.2 Å². The van der Waals surface area contributed by atoms with Crippen molar-refractivity contribution in [1.29, 1.82) is 0 Å². The molecule has 11 heteroatoms. The van der Waals surface area contributed by atoms with Crippen LogP contribution in [0.3, 0.4) is 0 Å². The standard InChI is InChI=1S/C28H24BrClN4O4S/c1-4-37-25-20(29)13-18(14-23(25)36-3)27-34(16(2)35)22-12-8-6-10-19(22)24-26(38-27)31-28(33-32-24)39-15-17-9-5-7-11-21(17)30/h5-14,27H,4,15H2,1-3H3/t27-/m1/s1. The fourth-order valence-electron chi connectivity index (χ4n) is 4.26.